The van der Waals surface area contributed by atoms with Crippen molar-refractivity contribution in [2.75, 3.05) is 0 Å². The van der Waals surface area contributed by atoms with E-state index in [2.05, 4.69) is 20.7 Å². The number of hydrogen-bond donors (Lipinski definition) is 2. The van der Waals surface area contributed by atoms with Crippen LogP contribution in [0.2, 0.25) is 5.02 Å². The van der Waals surface area contributed by atoms with Gasteiger partial charge in [-0.1, -0.05) is 25.4 Å². The predicted molar refractivity (Wildman–Crippen MR) is 80.4 cm³/mol. The van der Waals surface area contributed by atoms with Crippen LogP contribution in [0, 0.1) is 5.92 Å². The first-order chi connectivity index (χ1) is 9.13. The molecular formula is C12H15BrClNO4S. The Hall–Kier alpha value is -0.630. The summed E-state index contributed by atoms with van der Waals surface area (Å²) in [6.45, 7) is 3.64. The summed E-state index contributed by atoms with van der Waals surface area (Å²) in [7, 11) is -3.93. The van der Waals surface area contributed by atoms with Crippen molar-refractivity contribution in [2.45, 2.75) is 31.2 Å². The number of nitrogens with one attached hydrogen (secondary N) is 1. The molecule has 0 aliphatic heterocycles. The lowest BCUT2D eigenvalue weighted by Crippen LogP contribution is -2.41. The highest BCUT2D eigenvalue weighted by molar-refractivity contribution is 9.10. The van der Waals surface area contributed by atoms with Crippen molar-refractivity contribution in [2.24, 2.45) is 5.92 Å². The third-order valence-electron chi connectivity index (χ3n) is 2.49. The summed E-state index contributed by atoms with van der Waals surface area (Å²) in [6, 6.07) is 3.03. The first-order valence-electron chi connectivity index (χ1n) is 5.83. The monoisotopic (exact) mass is 383 g/mol. The summed E-state index contributed by atoms with van der Waals surface area (Å²) in [5.41, 5.74) is 0. The maximum absolute atomic E-state index is 12.2. The Morgan fingerprint density at radius 2 is 2.05 bits per heavy atom. The molecule has 0 saturated heterocycles. The normalized spacial score (nSPS) is 13.4. The number of carboxylic acids is 1. The van der Waals surface area contributed by atoms with Gasteiger partial charge in [-0.05, 0) is 46.5 Å². The van der Waals surface area contributed by atoms with Crippen LogP contribution in [0.1, 0.15) is 20.3 Å². The van der Waals surface area contributed by atoms with E-state index in [1.165, 1.54) is 18.2 Å². The molecule has 2 N–H and O–H groups in total. The number of aliphatic carboxylic acids is 1. The molecule has 1 rings (SSSR count). The van der Waals surface area contributed by atoms with E-state index in [0.29, 0.717) is 5.02 Å². The average molecular weight is 385 g/mol. The van der Waals surface area contributed by atoms with Crippen molar-refractivity contribution >= 4 is 43.5 Å². The molecule has 112 valence electrons. The maximum Gasteiger partial charge on any atom is 0.321 e. The molecule has 0 radical (unpaired) electrons. The van der Waals surface area contributed by atoms with Gasteiger partial charge in [0.25, 0.3) is 0 Å². The Bertz CT molecular complexity index is 603. The second-order valence-electron chi connectivity index (χ2n) is 4.72. The van der Waals surface area contributed by atoms with Crippen LogP contribution in [0.15, 0.2) is 27.6 Å². The molecule has 0 amide bonds. The van der Waals surface area contributed by atoms with Crippen molar-refractivity contribution in [3.05, 3.63) is 27.7 Å². The highest BCUT2D eigenvalue weighted by atomic mass is 79.9. The summed E-state index contributed by atoms with van der Waals surface area (Å²) >= 11 is 8.86. The van der Waals surface area contributed by atoms with E-state index in [1.807, 2.05) is 13.8 Å². The van der Waals surface area contributed by atoms with Crippen LogP contribution in [0.5, 0.6) is 0 Å². The minimum absolute atomic E-state index is 0.0445. The lowest BCUT2D eigenvalue weighted by Gasteiger charge is -2.17. The van der Waals surface area contributed by atoms with Gasteiger partial charge in [0.1, 0.15) is 6.04 Å². The van der Waals surface area contributed by atoms with Crippen LogP contribution < -0.4 is 4.72 Å². The first kappa shape index (κ1) is 17.4. The van der Waals surface area contributed by atoms with Crippen LogP contribution in [-0.2, 0) is 14.8 Å². The van der Waals surface area contributed by atoms with E-state index < -0.39 is 22.0 Å². The fourth-order valence-electron chi connectivity index (χ4n) is 1.61. The van der Waals surface area contributed by atoms with Crippen LogP contribution >= 0.6 is 27.5 Å². The number of hydrogen-bond acceptors (Lipinski definition) is 3. The molecule has 0 unspecified atom stereocenters. The first-order valence-corrected chi connectivity index (χ1v) is 8.49. The van der Waals surface area contributed by atoms with Gasteiger partial charge in [0.2, 0.25) is 10.0 Å². The Morgan fingerprint density at radius 3 is 2.50 bits per heavy atom. The third-order valence-corrected chi connectivity index (χ3v) is 5.17. The summed E-state index contributed by atoms with van der Waals surface area (Å²) in [6.07, 6.45) is 0.208. The minimum Gasteiger partial charge on any atom is -0.480 e. The van der Waals surface area contributed by atoms with Gasteiger partial charge < -0.3 is 5.11 Å². The van der Waals surface area contributed by atoms with E-state index in [-0.39, 0.29) is 21.7 Å². The molecule has 0 heterocycles. The molecular weight excluding hydrogens is 370 g/mol. The second-order valence-corrected chi connectivity index (χ2v) is 7.69. The fourth-order valence-corrected chi connectivity index (χ4v) is 4.20. The summed E-state index contributed by atoms with van der Waals surface area (Å²) in [5, 5.41) is 9.47. The zero-order valence-corrected chi connectivity index (χ0v) is 14.1. The SMILES string of the molecule is CC(C)C[C@@H](NS(=O)(=O)c1ccc(Cl)cc1Br)C(=O)O. The highest BCUT2D eigenvalue weighted by Crippen LogP contribution is 2.25. The largest absolute Gasteiger partial charge is 0.480 e. The van der Waals surface area contributed by atoms with E-state index in [4.69, 9.17) is 16.7 Å². The van der Waals surface area contributed by atoms with Gasteiger partial charge >= 0.3 is 5.97 Å². The van der Waals surface area contributed by atoms with Crippen molar-refractivity contribution < 1.29 is 18.3 Å². The molecule has 0 fully saturated rings. The Kier molecular flexibility index (Phi) is 6.00. The maximum atomic E-state index is 12.2. The van der Waals surface area contributed by atoms with E-state index in [0.717, 1.165) is 0 Å². The van der Waals surface area contributed by atoms with Crippen LogP contribution in [0.4, 0.5) is 0 Å². The molecule has 20 heavy (non-hydrogen) atoms. The number of halogens is 2. The molecule has 0 saturated carbocycles. The summed E-state index contributed by atoms with van der Waals surface area (Å²) in [5.74, 6) is -1.15. The zero-order chi connectivity index (χ0) is 15.5. The Labute approximate surface area is 131 Å². The smallest absolute Gasteiger partial charge is 0.321 e. The van der Waals surface area contributed by atoms with Crippen LogP contribution in [-0.4, -0.2) is 25.5 Å². The van der Waals surface area contributed by atoms with Crippen molar-refractivity contribution in [3.63, 3.8) is 0 Å². The van der Waals surface area contributed by atoms with Crippen molar-refractivity contribution in [1.82, 2.24) is 4.72 Å². The minimum atomic E-state index is -3.93. The third kappa shape index (κ3) is 4.73. The number of rotatable bonds is 6. The van der Waals surface area contributed by atoms with Crippen molar-refractivity contribution in [3.8, 4) is 0 Å². The van der Waals surface area contributed by atoms with Gasteiger partial charge in [0.15, 0.2) is 0 Å². The van der Waals surface area contributed by atoms with Gasteiger partial charge in [-0.3, -0.25) is 4.79 Å². The number of carboxylic acid groups (broad SMARTS) is 1. The molecule has 0 aliphatic carbocycles. The van der Waals surface area contributed by atoms with E-state index in [9.17, 15) is 13.2 Å². The molecule has 1 atom stereocenters. The molecule has 1 aromatic rings. The number of sulfonamides is 1. The van der Waals surface area contributed by atoms with Crippen LogP contribution in [0.3, 0.4) is 0 Å². The van der Waals surface area contributed by atoms with Gasteiger partial charge in [0, 0.05) is 9.50 Å². The van der Waals surface area contributed by atoms with E-state index in [1.54, 1.807) is 0 Å². The second kappa shape index (κ2) is 6.89. The quantitative estimate of drug-likeness (QED) is 0.790. The summed E-state index contributed by atoms with van der Waals surface area (Å²) in [4.78, 5) is 11.1. The molecule has 0 aromatic heterocycles. The Morgan fingerprint density at radius 1 is 1.45 bits per heavy atom. The zero-order valence-electron chi connectivity index (χ0n) is 10.9. The number of carbonyl (C=O) groups is 1. The fraction of sp³-hybridized carbons (Fsp3) is 0.417. The van der Waals surface area contributed by atoms with Gasteiger partial charge in [-0.15, -0.1) is 0 Å². The molecule has 0 bridgehead atoms. The standard InChI is InChI=1S/C12H15BrClNO4S/c1-7(2)5-10(12(16)17)15-20(18,19)11-4-3-8(14)6-9(11)13/h3-4,6-7,10,15H,5H2,1-2H3,(H,16,17)/t10-/m1/s1. The lowest BCUT2D eigenvalue weighted by molar-refractivity contribution is -0.139. The predicted octanol–water partition coefficient (Wildman–Crippen LogP) is 2.88. The molecule has 0 spiro atoms. The lowest BCUT2D eigenvalue weighted by atomic mass is 10.1. The summed E-state index contributed by atoms with van der Waals surface area (Å²) < 4.78 is 26.9. The topological polar surface area (TPSA) is 83.5 Å². The van der Waals surface area contributed by atoms with Crippen LogP contribution in [0.25, 0.3) is 0 Å². The van der Waals surface area contributed by atoms with Gasteiger partial charge in [0.05, 0.1) is 4.90 Å². The highest BCUT2D eigenvalue weighted by Gasteiger charge is 2.27. The molecule has 1 aromatic carbocycles. The molecule has 0 aliphatic rings. The van der Waals surface area contributed by atoms with E-state index >= 15 is 0 Å². The van der Waals surface area contributed by atoms with Gasteiger partial charge in [-0.25, -0.2) is 8.42 Å². The average Bonchev–Trinajstić information content (AvgIpc) is 2.26. The molecule has 5 nitrogen and oxygen atoms in total. The number of benzene rings is 1. The molecule has 8 heteroatoms. The Balaban J connectivity index is 3.06. The van der Waals surface area contributed by atoms with Gasteiger partial charge in [-0.2, -0.15) is 4.72 Å². The van der Waals surface area contributed by atoms with Crippen molar-refractivity contribution in [1.29, 1.82) is 0 Å².